The van der Waals surface area contributed by atoms with E-state index in [1.165, 1.54) is 13.5 Å². The summed E-state index contributed by atoms with van der Waals surface area (Å²) in [4.78, 5) is 9.96. The highest BCUT2D eigenvalue weighted by Crippen LogP contribution is 1.93. The molecule has 0 aliphatic carbocycles. The average Bonchev–Trinajstić information content (AvgIpc) is 1.83. The van der Waals surface area contributed by atoms with Gasteiger partial charge in [0.25, 0.3) is 0 Å². The van der Waals surface area contributed by atoms with Crippen molar-refractivity contribution in [3.63, 3.8) is 0 Å². The normalized spacial score (nSPS) is 14.2. The summed E-state index contributed by atoms with van der Waals surface area (Å²) >= 11 is 0. The molecule has 0 unspecified atom stereocenters. The summed E-state index contributed by atoms with van der Waals surface area (Å²) in [6.07, 6.45) is 1.75. The van der Waals surface area contributed by atoms with E-state index in [2.05, 4.69) is 4.74 Å². The average molecular weight is 146 g/mol. The van der Waals surface area contributed by atoms with Crippen molar-refractivity contribution in [3.05, 3.63) is 0 Å². The molecule has 1 aliphatic rings. The Morgan fingerprint density at radius 2 is 2.00 bits per heavy atom. The zero-order valence-corrected chi connectivity index (χ0v) is 6.55. The van der Waals surface area contributed by atoms with Crippen molar-refractivity contribution in [1.29, 1.82) is 0 Å². The molecule has 3 heteroatoms. The zero-order chi connectivity index (χ0) is 7.82. The molecule has 3 nitrogen and oxygen atoms in total. The predicted molar refractivity (Wildman–Crippen MR) is 37.7 cm³/mol. The first-order valence-corrected chi connectivity index (χ1v) is 3.45. The molecule has 1 rings (SSSR count). The molecule has 0 amide bonds. The standard InChI is InChI=1S/C4H8O2.C3H6O/c1-3-4(5)6-2;1-2-4-3-1/h3H2,1-2H3;1-3H2. The summed E-state index contributed by atoms with van der Waals surface area (Å²) in [7, 11) is 1.38. The Labute approximate surface area is 61.3 Å². The SMILES string of the molecule is C1COC1.CCC(=O)OC. The summed E-state index contributed by atoms with van der Waals surface area (Å²) in [6.45, 7) is 3.76. The molecule has 1 heterocycles. The molecule has 0 N–H and O–H groups in total. The maximum atomic E-state index is 9.96. The van der Waals surface area contributed by atoms with Gasteiger partial charge in [-0.15, -0.1) is 0 Å². The summed E-state index contributed by atoms with van der Waals surface area (Å²) in [5.74, 6) is -0.157. The summed E-state index contributed by atoms with van der Waals surface area (Å²) in [5, 5.41) is 0. The van der Waals surface area contributed by atoms with Gasteiger partial charge in [-0.1, -0.05) is 6.92 Å². The van der Waals surface area contributed by atoms with Gasteiger partial charge in [0.15, 0.2) is 0 Å². The van der Waals surface area contributed by atoms with Crippen molar-refractivity contribution in [2.75, 3.05) is 20.3 Å². The number of hydrogen-bond donors (Lipinski definition) is 0. The van der Waals surface area contributed by atoms with Crippen LogP contribution in [0.1, 0.15) is 19.8 Å². The molecule has 0 atom stereocenters. The second kappa shape index (κ2) is 6.55. The van der Waals surface area contributed by atoms with Crippen molar-refractivity contribution in [2.45, 2.75) is 19.8 Å². The third-order valence-corrected chi connectivity index (χ3v) is 1.09. The van der Waals surface area contributed by atoms with E-state index in [0.29, 0.717) is 6.42 Å². The van der Waals surface area contributed by atoms with Crippen LogP contribution in [0.2, 0.25) is 0 Å². The molecule has 0 saturated carbocycles. The maximum Gasteiger partial charge on any atom is 0.305 e. The Hall–Kier alpha value is -0.570. The second-order valence-corrected chi connectivity index (χ2v) is 1.90. The molecule has 10 heavy (non-hydrogen) atoms. The van der Waals surface area contributed by atoms with Gasteiger partial charge in [-0.2, -0.15) is 0 Å². The van der Waals surface area contributed by atoms with E-state index in [4.69, 9.17) is 4.74 Å². The van der Waals surface area contributed by atoms with Gasteiger partial charge in [0.2, 0.25) is 0 Å². The summed E-state index contributed by atoms with van der Waals surface area (Å²) < 4.78 is 8.98. The van der Waals surface area contributed by atoms with Gasteiger partial charge in [0, 0.05) is 19.6 Å². The minimum Gasteiger partial charge on any atom is -0.469 e. The van der Waals surface area contributed by atoms with Crippen LogP contribution in [-0.2, 0) is 14.3 Å². The zero-order valence-electron chi connectivity index (χ0n) is 6.55. The Bertz CT molecular complexity index is 76.9. The van der Waals surface area contributed by atoms with Crippen molar-refractivity contribution in [3.8, 4) is 0 Å². The number of ether oxygens (including phenoxy) is 2. The van der Waals surface area contributed by atoms with Gasteiger partial charge in [-0.3, -0.25) is 4.79 Å². The van der Waals surface area contributed by atoms with Crippen molar-refractivity contribution in [2.24, 2.45) is 0 Å². The molecule has 1 fully saturated rings. The van der Waals surface area contributed by atoms with Crippen LogP contribution in [0.4, 0.5) is 0 Å². The van der Waals surface area contributed by atoms with Crippen LogP contribution in [0.3, 0.4) is 0 Å². The predicted octanol–water partition coefficient (Wildman–Crippen LogP) is 0.976. The van der Waals surface area contributed by atoms with Gasteiger partial charge < -0.3 is 9.47 Å². The van der Waals surface area contributed by atoms with Crippen LogP contribution in [-0.4, -0.2) is 26.3 Å². The third kappa shape index (κ3) is 5.56. The Morgan fingerprint density at radius 1 is 1.60 bits per heavy atom. The van der Waals surface area contributed by atoms with E-state index >= 15 is 0 Å². The van der Waals surface area contributed by atoms with Crippen molar-refractivity contribution >= 4 is 5.97 Å². The molecule has 0 radical (unpaired) electrons. The Balaban J connectivity index is 0.000000172. The fraction of sp³-hybridized carbons (Fsp3) is 0.857. The third-order valence-electron chi connectivity index (χ3n) is 1.09. The highest BCUT2D eigenvalue weighted by Gasteiger charge is 1.94. The lowest BCUT2D eigenvalue weighted by Crippen LogP contribution is -2.09. The number of hydrogen-bond acceptors (Lipinski definition) is 3. The fourth-order valence-electron chi connectivity index (χ4n) is 0.289. The topological polar surface area (TPSA) is 35.5 Å². The van der Waals surface area contributed by atoms with E-state index in [1.807, 2.05) is 0 Å². The minimum atomic E-state index is -0.157. The van der Waals surface area contributed by atoms with E-state index in [1.54, 1.807) is 6.92 Å². The van der Waals surface area contributed by atoms with Gasteiger partial charge in [0.05, 0.1) is 7.11 Å². The lowest BCUT2D eigenvalue weighted by molar-refractivity contribution is -0.140. The smallest absolute Gasteiger partial charge is 0.305 e. The summed E-state index contributed by atoms with van der Waals surface area (Å²) in [6, 6.07) is 0. The molecule has 0 bridgehead atoms. The second-order valence-electron chi connectivity index (χ2n) is 1.90. The van der Waals surface area contributed by atoms with Crippen LogP contribution in [0, 0.1) is 0 Å². The van der Waals surface area contributed by atoms with Crippen LogP contribution in [0.15, 0.2) is 0 Å². The monoisotopic (exact) mass is 146 g/mol. The number of carbonyl (C=O) groups excluding carboxylic acids is 1. The molecule has 0 aromatic carbocycles. The molecule has 0 spiro atoms. The van der Waals surface area contributed by atoms with Crippen LogP contribution >= 0.6 is 0 Å². The number of carbonyl (C=O) groups is 1. The largest absolute Gasteiger partial charge is 0.469 e. The quantitative estimate of drug-likeness (QED) is 0.517. The molecule has 1 saturated heterocycles. The first-order chi connectivity index (χ1) is 4.81. The fourth-order valence-corrected chi connectivity index (χ4v) is 0.289. The molecule has 0 aromatic heterocycles. The van der Waals surface area contributed by atoms with E-state index < -0.39 is 0 Å². The Morgan fingerprint density at radius 3 is 2.00 bits per heavy atom. The lowest BCUT2D eigenvalue weighted by atomic mass is 10.4. The maximum absolute atomic E-state index is 9.96. The molecule has 60 valence electrons. The van der Waals surface area contributed by atoms with Crippen molar-refractivity contribution < 1.29 is 14.3 Å². The van der Waals surface area contributed by atoms with Gasteiger partial charge in [0.1, 0.15) is 0 Å². The van der Waals surface area contributed by atoms with E-state index in [9.17, 15) is 4.79 Å². The number of esters is 1. The highest BCUT2D eigenvalue weighted by atomic mass is 16.5. The van der Waals surface area contributed by atoms with E-state index in [0.717, 1.165) is 13.2 Å². The number of rotatable bonds is 1. The number of methoxy groups -OCH3 is 1. The molecular weight excluding hydrogens is 132 g/mol. The van der Waals surface area contributed by atoms with Gasteiger partial charge >= 0.3 is 5.97 Å². The van der Waals surface area contributed by atoms with E-state index in [-0.39, 0.29) is 5.97 Å². The van der Waals surface area contributed by atoms with Crippen molar-refractivity contribution in [1.82, 2.24) is 0 Å². The molecule has 1 aliphatic heterocycles. The van der Waals surface area contributed by atoms with Crippen LogP contribution in [0.25, 0.3) is 0 Å². The Kier molecular flexibility index (Phi) is 6.18. The van der Waals surface area contributed by atoms with Gasteiger partial charge in [-0.25, -0.2) is 0 Å². The van der Waals surface area contributed by atoms with Gasteiger partial charge in [-0.05, 0) is 6.42 Å². The molecular formula is C7H14O3. The minimum absolute atomic E-state index is 0.157. The molecule has 0 aromatic rings. The lowest BCUT2D eigenvalue weighted by Gasteiger charge is -2.09. The van der Waals surface area contributed by atoms with Crippen LogP contribution in [0.5, 0.6) is 0 Å². The highest BCUT2D eigenvalue weighted by molar-refractivity contribution is 5.68. The van der Waals surface area contributed by atoms with Crippen LogP contribution < -0.4 is 0 Å². The first-order valence-electron chi connectivity index (χ1n) is 3.45. The first kappa shape index (κ1) is 9.43. The summed E-state index contributed by atoms with van der Waals surface area (Å²) in [5.41, 5.74) is 0.